The second-order valence-electron chi connectivity index (χ2n) is 6.34. The topological polar surface area (TPSA) is 63.1 Å². The molecular formula is C18H25N5O. The van der Waals surface area contributed by atoms with Crippen LogP contribution in [0.3, 0.4) is 0 Å². The Labute approximate surface area is 142 Å². The first-order valence-corrected chi connectivity index (χ1v) is 8.65. The van der Waals surface area contributed by atoms with Gasteiger partial charge in [0, 0.05) is 24.8 Å². The highest BCUT2D eigenvalue weighted by Crippen LogP contribution is 2.21. The highest BCUT2D eigenvalue weighted by atomic mass is 16.2. The molecule has 6 heteroatoms. The number of anilines is 1. The minimum Gasteiger partial charge on any atom is -0.371 e. The largest absolute Gasteiger partial charge is 0.371 e. The van der Waals surface area contributed by atoms with E-state index in [1.165, 1.54) is 17.6 Å². The Morgan fingerprint density at radius 1 is 1.38 bits per heavy atom. The van der Waals surface area contributed by atoms with Gasteiger partial charge < -0.3 is 10.2 Å². The molecule has 0 unspecified atom stereocenters. The highest BCUT2D eigenvalue weighted by molar-refractivity contribution is 5.80. The van der Waals surface area contributed by atoms with Crippen LogP contribution in [0.1, 0.15) is 38.3 Å². The Hall–Kier alpha value is -2.37. The van der Waals surface area contributed by atoms with Crippen molar-refractivity contribution in [2.75, 3.05) is 18.0 Å². The SMILES string of the molecule is CCc1cccc(N2CCC(NC(=O)[C@@H](C)n3cncn3)CC2)c1. The highest BCUT2D eigenvalue weighted by Gasteiger charge is 2.23. The van der Waals surface area contributed by atoms with E-state index in [0.717, 1.165) is 32.4 Å². The molecule has 1 aromatic carbocycles. The number of piperidine rings is 1. The van der Waals surface area contributed by atoms with Gasteiger partial charge in [-0.3, -0.25) is 4.79 Å². The smallest absolute Gasteiger partial charge is 0.244 e. The molecule has 2 heterocycles. The third kappa shape index (κ3) is 3.75. The van der Waals surface area contributed by atoms with Gasteiger partial charge in [-0.1, -0.05) is 19.1 Å². The maximum atomic E-state index is 12.3. The summed E-state index contributed by atoms with van der Waals surface area (Å²) in [6, 6.07) is 8.64. The molecule has 1 aliphatic rings. The number of aryl methyl sites for hydroxylation is 1. The van der Waals surface area contributed by atoms with Crippen molar-refractivity contribution in [3.05, 3.63) is 42.5 Å². The number of benzene rings is 1. The molecule has 1 saturated heterocycles. The molecule has 0 aliphatic carbocycles. The van der Waals surface area contributed by atoms with E-state index in [0.29, 0.717) is 0 Å². The lowest BCUT2D eigenvalue weighted by atomic mass is 10.0. The molecule has 1 amide bonds. The van der Waals surface area contributed by atoms with Crippen molar-refractivity contribution in [3.63, 3.8) is 0 Å². The molecular weight excluding hydrogens is 302 g/mol. The van der Waals surface area contributed by atoms with Crippen molar-refractivity contribution >= 4 is 11.6 Å². The van der Waals surface area contributed by atoms with Crippen molar-refractivity contribution in [2.45, 2.75) is 45.2 Å². The van der Waals surface area contributed by atoms with Gasteiger partial charge in [-0.25, -0.2) is 9.67 Å². The zero-order valence-electron chi connectivity index (χ0n) is 14.4. The van der Waals surface area contributed by atoms with E-state index in [-0.39, 0.29) is 18.0 Å². The van der Waals surface area contributed by atoms with E-state index in [1.54, 1.807) is 11.0 Å². The van der Waals surface area contributed by atoms with Crippen LogP contribution in [-0.2, 0) is 11.2 Å². The Kier molecular flexibility index (Phi) is 5.13. The van der Waals surface area contributed by atoms with Crippen LogP contribution in [0.2, 0.25) is 0 Å². The van der Waals surface area contributed by atoms with Crippen molar-refractivity contribution in [1.82, 2.24) is 20.1 Å². The number of amides is 1. The van der Waals surface area contributed by atoms with Crippen molar-refractivity contribution in [2.24, 2.45) is 0 Å². The molecule has 128 valence electrons. The first kappa shape index (κ1) is 16.5. The van der Waals surface area contributed by atoms with Crippen LogP contribution in [0.5, 0.6) is 0 Å². The first-order valence-electron chi connectivity index (χ1n) is 8.65. The van der Waals surface area contributed by atoms with E-state index < -0.39 is 0 Å². The number of hydrogen-bond acceptors (Lipinski definition) is 4. The lowest BCUT2D eigenvalue weighted by Crippen LogP contribution is -2.46. The fourth-order valence-corrected chi connectivity index (χ4v) is 3.11. The van der Waals surface area contributed by atoms with Gasteiger partial charge in [0.05, 0.1) is 0 Å². The maximum Gasteiger partial charge on any atom is 0.244 e. The average molecular weight is 327 g/mol. The Bertz CT molecular complexity index is 662. The molecule has 0 bridgehead atoms. The van der Waals surface area contributed by atoms with Crippen LogP contribution in [-0.4, -0.2) is 39.8 Å². The molecule has 0 radical (unpaired) electrons. The minimum atomic E-state index is -0.327. The lowest BCUT2D eigenvalue weighted by molar-refractivity contribution is -0.125. The summed E-state index contributed by atoms with van der Waals surface area (Å²) in [5, 5.41) is 7.18. The van der Waals surface area contributed by atoms with Crippen molar-refractivity contribution < 1.29 is 4.79 Å². The van der Waals surface area contributed by atoms with Gasteiger partial charge in [0.1, 0.15) is 18.7 Å². The molecule has 1 aliphatic heterocycles. The molecule has 0 saturated carbocycles. The van der Waals surface area contributed by atoms with Gasteiger partial charge in [-0.2, -0.15) is 5.10 Å². The van der Waals surface area contributed by atoms with E-state index in [4.69, 9.17) is 0 Å². The Morgan fingerprint density at radius 2 is 2.17 bits per heavy atom. The number of nitrogens with one attached hydrogen (secondary N) is 1. The number of hydrogen-bond donors (Lipinski definition) is 1. The van der Waals surface area contributed by atoms with Gasteiger partial charge in [0.2, 0.25) is 5.91 Å². The molecule has 24 heavy (non-hydrogen) atoms. The van der Waals surface area contributed by atoms with E-state index >= 15 is 0 Å². The number of aromatic nitrogens is 3. The van der Waals surface area contributed by atoms with E-state index in [9.17, 15) is 4.79 Å². The minimum absolute atomic E-state index is 0.00642. The standard InChI is InChI=1S/C18H25N5O/c1-3-15-5-4-6-17(11-15)22-9-7-16(8-10-22)21-18(24)14(2)23-13-19-12-20-23/h4-6,11-14,16H,3,7-10H2,1-2H3,(H,21,24)/t14-/m1/s1. The second-order valence-corrected chi connectivity index (χ2v) is 6.34. The summed E-state index contributed by atoms with van der Waals surface area (Å²) in [7, 11) is 0. The Morgan fingerprint density at radius 3 is 2.83 bits per heavy atom. The summed E-state index contributed by atoms with van der Waals surface area (Å²) in [5.41, 5.74) is 2.65. The van der Waals surface area contributed by atoms with Crippen LogP contribution in [0.15, 0.2) is 36.9 Å². The van der Waals surface area contributed by atoms with Gasteiger partial charge in [0.15, 0.2) is 0 Å². The molecule has 1 aromatic heterocycles. The van der Waals surface area contributed by atoms with Crippen LogP contribution in [0.4, 0.5) is 5.69 Å². The Balaban J connectivity index is 1.52. The number of nitrogens with zero attached hydrogens (tertiary/aromatic N) is 4. The van der Waals surface area contributed by atoms with E-state index in [2.05, 4.69) is 51.5 Å². The lowest BCUT2D eigenvalue weighted by Gasteiger charge is -2.34. The number of rotatable bonds is 5. The first-order chi connectivity index (χ1) is 11.7. The van der Waals surface area contributed by atoms with Gasteiger partial charge in [-0.05, 0) is 43.9 Å². The number of carbonyl (C=O) groups is 1. The third-order valence-electron chi connectivity index (χ3n) is 4.74. The zero-order chi connectivity index (χ0) is 16.9. The third-order valence-corrected chi connectivity index (χ3v) is 4.74. The van der Waals surface area contributed by atoms with Crippen LogP contribution < -0.4 is 10.2 Å². The molecule has 2 aromatic rings. The van der Waals surface area contributed by atoms with Crippen molar-refractivity contribution in [3.8, 4) is 0 Å². The maximum absolute atomic E-state index is 12.3. The summed E-state index contributed by atoms with van der Waals surface area (Å²) in [4.78, 5) is 18.6. The molecule has 0 spiro atoms. The monoisotopic (exact) mass is 327 g/mol. The summed E-state index contributed by atoms with van der Waals surface area (Å²) in [6.45, 7) is 5.96. The molecule has 6 nitrogen and oxygen atoms in total. The van der Waals surface area contributed by atoms with Crippen LogP contribution >= 0.6 is 0 Å². The quantitative estimate of drug-likeness (QED) is 0.914. The van der Waals surface area contributed by atoms with Crippen LogP contribution in [0, 0.1) is 0 Å². The summed E-state index contributed by atoms with van der Waals surface area (Å²) >= 11 is 0. The zero-order valence-corrected chi connectivity index (χ0v) is 14.4. The normalized spacial score (nSPS) is 16.8. The fourth-order valence-electron chi connectivity index (χ4n) is 3.11. The second kappa shape index (κ2) is 7.47. The molecule has 3 rings (SSSR count). The molecule has 1 fully saturated rings. The number of carbonyl (C=O) groups excluding carboxylic acids is 1. The van der Waals surface area contributed by atoms with Gasteiger partial charge in [0.25, 0.3) is 0 Å². The molecule has 1 N–H and O–H groups in total. The van der Waals surface area contributed by atoms with Gasteiger partial charge >= 0.3 is 0 Å². The average Bonchev–Trinajstić information content (AvgIpc) is 3.16. The fraction of sp³-hybridized carbons (Fsp3) is 0.500. The molecule has 1 atom stereocenters. The van der Waals surface area contributed by atoms with E-state index in [1.807, 2.05) is 6.92 Å². The summed E-state index contributed by atoms with van der Waals surface area (Å²) in [6.07, 6.45) is 6.01. The summed E-state index contributed by atoms with van der Waals surface area (Å²) in [5.74, 6) is 0.00642. The predicted octanol–water partition coefficient (Wildman–Crippen LogP) is 2.19. The predicted molar refractivity (Wildman–Crippen MR) is 93.9 cm³/mol. The van der Waals surface area contributed by atoms with Gasteiger partial charge in [-0.15, -0.1) is 0 Å². The summed E-state index contributed by atoms with van der Waals surface area (Å²) < 4.78 is 1.58. The van der Waals surface area contributed by atoms with Crippen LogP contribution in [0.25, 0.3) is 0 Å². The van der Waals surface area contributed by atoms with Crippen molar-refractivity contribution in [1.29, 1.82) is 0 Å².